The number of benzene rings is 2. The Morgan fingerprint density at radius 2 is 2.00 bits per heavy atom. The van der Waals surface area contributed by atoms with Gasteiger partial charge >= 0.3 is 0 Å². The van der Waals surface area contributed by atoms with E-state index in [1.807, 2.05) is 6.07 Å². The van der Waals surface area contributed by atoms with E-state index in [2.05, 4.69) is 10.1 Å². The molecule has 3 heterocycles. The number of hydrazone groups is 1. The number of fused-ring (bicyclic) bond motifs is 1. The Kier molecular flexibility index (Phi) is 5.71. The van der Waals surface area contributed by atoms with Crippen LogP contribution in [0.2, 0.25) is 5.02 Å². The molecule has 1 amide bonds. The third kappa shape index (κ3) is 4.11. The summed E-state index contributed by atoms with van der Waals surface area (Å²) in [5, 5.41) is 27.0. The number of halogens is 1. The maximum Gasteiger partial charge on any atom is 0.284 e. The molecular formula is C23H14ClN5O5S. The fraction of sp³-hybridized carbons (Fsp3) is 0.0435. The number of hydrogen-bond donors (Lipinski definition) is 1. The van der Waals surface area contributed by atoms with E-state index in [4.69, 9.17) is 26.2 Å². The summed E-state index contributed by atoms with van der Waals surface area (Å²) in [6.07, 6.45) is 1.36. The van der Waals surface area contributed by atoms with Crippen LogP contribution >= 0.6 is 23.4 Å². The number of nitro groups is 1. The van der Waals surface area contributed by atoms with Crippen molar-refractivity contribution in [3.63, 3.8) is 0 Å². The monoisotopic (exact) mass is 507 g/mol. The quantitative estimate of drug-likeness (QED) is 0.285. The fourth-order valence-corrected chi connectivity index (χ4v) is 4.66. The first-order chi connectivity index (χ1) is 16.9. The van der Waals surface area contributed by atoms with Crippen molar-refractivity contribution < 1.29 is 18.9 Å². The molecule has 35 heavy (non-hydrogen) atoms. The molecule has 0 unspecified atom stereocenters. The number of carbonyl (C=O) groups is 1. The van der Waals surface area contributed by atoms with E-state index in [0.717, 1.165) is 11.8 Å². The molecule has 1 N–H and O–H groups in total. The second-order valence-electron chi connectivity index (χ2n) is 7.25. The predicted octanol–water partition coefficient (Wildman–Crippen LogP) is 5.18. The van der Waals surface area contributed by atoms with Gasteiger partial charge < -0.3 is 9.15 Å². The van der Waals surface area contributed by atoms with Crippen LogP contribution in [0.1, 0.15) is 11.3 Å². The lowest BCUT2D eigenvalue weighted by Gasteiger charge is -2.19. The Bertz CT molecular complexity index is 1510. The molecule has 0 fully saturated rings. The van der Waals surface area contributed by atoms with Crippen LogP contribution in [0.25, 0.3) is 17.4 Å². The van der Waals surface area contributed by atoms with Gasteiger partial charge in [0.05, 0.1) is 34.3 Å². The summed E-state index contributed by atoms with van der Waals surface area (Å²) in [5.74, 6) is -0.0231. The predicted molar refractivity (Wildman–Crippen MR) is 133 cm³/mol. The number of hydrogen-bond acceptors (Lipinski definition) is 8. The summed E-state index contributed by atoms with van der Waals surface area (Å²) < 4.78 is 10.8. The van der Waals surface area contributed by atoms with Gasteiger partial charge in [0.2, 0.25) is 5.17 Å². The molecule has 2 aliphatic rings. The summed E-state index contributed by atoms with van der Waals surface area (Å²) in [7, 11) is 1.42. The van der Waals surface area contributed by atoms with Gasteiger partial charge in [0, 0.05) is 5.56 Å². The smallest absolute Gasteiger partial charge is 0.284 e. The SMILES string of the molecule is COc1ccc(-c2ccc(/C=C3\C(=N)N4N=C(c5ccccc5Cl)SC4=NC3=O)o2)c([N+](=O)[O-])c1. The zero-order valence-corrected chi connectivity index (χ0v) is 19.5. The molecule has 0 atom stereocenters. The van der Waals surface area contributed by atoms with Gasteiger partial charge in [0.1, 0.15) is 22.3 Å². The van der Waals surface area contributed by atoms with Gasteiger partial charge in [-0.15, -0.1) is 0 Å². The topological polar surface area (TPSA) is 134 Å². The average molecular weight is 508 g/mol. The molecule has 5 rings (SSSR count). The third-order valence-electron chi connectivity index (χ3n) is 5.14. The minimum Gasteiger partial charge on any atom is -0.497 e. The number of nitro benzene ring substituents is 1. The van der Waals surface area contributed by atoms with E-state index in [1.165, 1.54) is 30.3 Å². The van der Waals surface area contributed by atoms with Gasteiger partial charge in [-0.25, -0.2) is 0 Å². The van der Waals surface area contributed by atoms with Crippen LogP contribution in [-0.4, -0.2) is 39.0 Å². The molecule has 0 spiro atoms. The molecule has 2 aliphatic heterocycles. The van der Waals surface area contributed by atoms with Gasteiger partial charge in [-0.3, -0.25) is 20.3 Å². The van der Waals surface area contributed by atoms with E-state index in [-0.39, 0.29) is 39.3 Å². The second-order valence-corrected chi connectivity index (χ2v) is 8.61. The lowest BCUT2D eigenvalue weighted by atomic mass is 10.1. The van der Waals surface area contributed by atoms with Crippen molar-refractivity contribution >= 4 is 57.1 Å². The minimum absolute atomic E-state index is 0.0383. The first-order valence-electron chi connectivity index (χ1n) is 10.0. The van der Waals surface area contributed by atoms with Crippen molar-refractivity contribution in [2.24, 2.45) is 10.1 Å². The van der Waals surface area contributed by atoms with E-state index in [0.29, 0.717) is 21.4 Å². The highest BCUT2D eigenvalue weighted by Gasteiger charge is 2.36. The van der Waals surface area contributed by atoms with Crippen molar-refractivity contribution in [1.82, 2.24) is 5.01 Å². The lowest BCUT2D eigenvalue weighted by Crippen LogP contribution is -2.35. The molecule has 12 heteroatoms. The summed E-state index contributed by atoms with van der Waals surface area (Å²) in [4.78, 5) is 27.7. The maximum absolute atomic E-state index is 12.7. The van der Waals surface area contributed by atoms with E-state index in [9.17, 15) is 14.9 Å². The van der Waals surface area contributed by atoms with Crippen LogP contribution < -0.4 is 4.74 Å². The van der Waals surface area contributed by atoms with Gasteiger partial charge in [-0.2, -0.15) is 15.1 Å². The standard InChI is InChI=1S/C23H14ClN5O5S/c1-33-12-6-8-15(18(11-12)29(31)32)19-9-7-13(34-19)10-16-20(25)28-23(26-21(16)30)35-22(27-28)14-4-2-3-5-17(14)24/h2-11,25H,1H3/b16-10+,25-20?. The number of furan rings is 1. The number of amidine groups is 2. The fourth-order valence-electron chi connectivity index (χ4n) is 3.45. The number of ether oxygens (including phenoxy) is 1. The Hall–Kier alpha value is -4.22. The molecular weight excluding hydrogens is 494 g/mol. The zero-order chi connectivity index (χ0) is 24.7. The van der Waals surface area contributed by atoms with Crippen LogP contribution in [0.15, 0.2) is 74.7 Å². The average Bonchev–Trinajstić information content (AvgIpc) is 3.49. The second kappa shape index (κ2) is 8.85. The first-order valence-corrected chi connectivity index (χ1v) is 11.2. The highest BCUT2D eigenvalue weighted by molar-refractivity contribution is 8.27. The van der Waals surface area contributed by atoms with Gasteiger partial charge in [-0.1, -0.05) is 29.8 Å². The number of carbonyl (C=O) groups excluding carboxylic acids is 1. The highest BCUT2D eigenvalue weighted by atomic mass is 35.5. The molecule has 1 aromatic heterocycles. The largest absolute Gasteiger partial charge is 0.497 e. The summed E-state index contributed by atoms with van der Waals surface area (Å²) in [6, 6.07) is 14.6. The number of rotatable bonds is 5. The number of nitrogens with one attached hydrogen (secondary N) is 1. The van der Waals surface area contributed by atoms with Crippen molar-refractivity contribution in [3.05, 3.63) is 86.6 Å². The summed E-state index contributed by atoms with van der Waals surface area (Å²) in [5.41, 5.74) is 0.683. The Balaban J connectivity index is 1.47. The maximum atomic E-state index is 12.7. The molecule has 174 valence electrons. The summed E-state index contributed by atoms with van der Waals surface area (Å²) in [6.45, 7) is 0. The number of aliphatic imine (C=N–C) groups is 1. The zero-order valence-electron chi connectivity index (χ0n) is 17.9. The van der Waals surface area contributed by atoms with Crippen molar-refractivity contribution in [1.29, 1.82) is 5.41 Å². The normalized spacial score (nSPS) is 16.3. The molecule has 0 radical (unpaired) electrons. The molecule has 0 aliphatic carbocycles. The van der Waals surface area contributed by atoms with Crippen LogP contribution in [0, 0.1) is 15.5 Å². The summed E-state index contributed by atoms with van der Waals surface area (Å²) >= 11 is 7.40. The van der Waals surface area contributed by atoms with E-state index < -0.39 is 10.8 Å². The molecule has 0 saturated carbocycles. The Labute approximate surface area is 207 Å². The lowest BCUT2D eigenvalue weighted by molar-refractivity contribution is -0.384. The third-order valence-corrected chi connectivity index (χ3v) is 6.41. The van der Waals surface area contributed by atoms with Crippen molar-refractivity contribution in [3.8, 4) is 17.1 Å². The van der Waals surface area contributed by atoms with Crippen LogP contribution in [-0.2, 0) is 4.79 Å². The van der Waals surface area contributed by atoms with Crippen molar-refractivity contribution in [2.45, 2.75) is 0 Å². The minimum atomic E-state index is -0.627. The molecule has 10 nitrogen and oxygen atoms in total. The number of nitrogens with zero attached hydrogens (tertiary/aromatic N) is 4. The highest BCUT2D eigenvalue weighted by Crippen LogP contribution is 2.36. The number of thioether (sulfide) groups is 1. The van der Waals surface area contributed by atoms with Crippen LogP contribution in [0.3, 0.4) is 0 Å². The van der Waals surface area contributed by atoms with Gasteiger partial charge in [-0.05, 0) is 48.2 Å². The van der Waals surface area contributed by atoms with Crippen LogP contribution in [0.5, 0.6) is 5.75 Å². The molecule has 0 saturated heterocycles. The molecule has 2 aromatic carbocycles. The van der Waals surface area contributed by atoms with Gasteiger partial charge in [0.15, 0.2) is 5.84 Å². The number of methoxy groups -OCH3 is 1. The van der Waals surface area contributed by atoms with E-state index in [1.54, 1.807) is 36.4 Å². The van der Waals surface area contributed by atoms with Crippen molar-refractivity contribution in [2.75, 3.05) is 7.11 Å². The Morgan fingerprint density at radius 1 is 1.20 bits per heavy atom. The molecule has 3 aromatic rings. The van der Waals surface area contributed by atoms with E-state index >= 15 is 0 Å². The van der Waals surface area contributed by atoms with Gasteiger partial charge in [0.25, 0.3) is 11.6 Å². The number of amides is 1. The Morgan fingerprint density at radius 3 is 2.74 bits per heavy atom. The molecule has 0 bridgehead atoms. The first kappa shape index (κ1) is 22.6. The van der Waals surface area contributed by atoms with Crippen LogP contribution in [0.4, 0.5) is 5.69 Å².